The standard InChI is InChI=1S/C36H72O2/c1-3-5-6-7-8-9-10-11-12-13-14-15-16-17-18-19-20-21-22-23-24-25-26-27-28-29-30-31-32-33-35-38-36(37)34-4-2/h3-35H2,1-2H3. The van der Waals surface area contributed by atoms with E-state index in [9.17, 15) is 4.79 Å². The van der Waals surface area contributed by atoms with Crippen molar-refractivity contribution in [2.45, 2.75) is 219 Å². The van der Waals surface area contributed by atoms with Crippen molar-refractivity contribution in [3.8, 4) is 0 Å². The van der Waals surface area contributed by atoms with Crippen molar-refractivity contribution >= 4 is 5.97 Å². The number of carbonyl (C=O) groups excluding carboxylic acids is 1. The number of esters is 1. The Hall–Kier alpha value is -0.530. The second-order valence-corrected chi connectivity index (χ2v) is 12.2. The molecule has 0 fully saturated rings. The third-order valence-corrected chi connectivity index (χ3v) is 8.22. The lowest BCUT2D eigenvalue weighted by Gasteiger charge is -2.05. The van der Waals surface area contributed by atoms with Gasteiger partial charge in [0, 0.05) is 6.42 Å². The molecular formula is C36H72O2. The van der Waals surface area contributed by atoms with Crippen molar-refractivity contribution in [2.24, 2.45) is 0 Å². The van der Waals surface area contributed by atoms with E-state index in [-0.39, 0.29) is 5.97 Å². The monoisotopic (exact) mass is 537 g/mol. The number of carbonyl (C=O) groups is 1. The molecule has 2 heteroatoms. The van der Waals surface area contributed by atoms with Crippen LogP contribution < -0.4 is 0 Å². The van der Waals surface area contributed by atoms with Crippen molar-refractivity contribution in [3.63, 3.8) is 0 Å². The zero-order valence-corrected chi connectivity index (χ0v) is 26.7. The third-order valence-electron chi connectivity index (χ3n) is 8.22. The largest absolute Gasteiger partial charge is 0.466 e. The Morgan fingerprint density at radius 3 is 0.816 bits per heavy atom. The van der Waals surface area contributed by atoms with E-state index in [1.165, 1.54) is 186 Å². The molecule has 38 heavy (non-hydrogen) atoms. The van der Waals surface area contributed by atoms with Gasteiger partial charge in [0.1, 0.15) is 0 Å². The van der Waals surface area contributed by atoms with Gasteiger partial charge in [-0.05, 0) is 12.8 Å². The molecule has 0 rings (SSSR count). The highest BCUT2D eigenvalue weighted by atomic mass is 16.5. The van der Waals surface area contributed by atoms with Crippen LogP contribution in [-0.4, -0.2) is 12.6 Å². The van der Waals surface area contributed by atoms with Crippen LogP contribution in [0.1, 0.15) is 219 Å². The van der Waals surface area contributed by atoms with E-state index in [4.69, 9.17) is 4.74 Å². The maximum Gasteiger partial charge on any atom is 0.305 e. The van der Waals surface area contributed by atoms with Gasteiger partial charge in [-0.1, -0.05) is 200 Å². The minimum atomic E-state index is -0.0251. The van der Waals surface area contributed by atoms with E-state index in [0.29, 0.717) is 13.0 Å². The first-order chi connectivity index (χ1) is 18.8. The van der Waals surface area contributed by atoms with Crippen LogP contribution in [0.15, 0.2) is 0 Å². The number of hydrogen-bond donors (Lipinski definition) is 0. The highest BCUT2D eigenvalue weighted by molar-refractivity contribution is 5.69. The fraction of sp³-hybridized carbons (Fsp3) is 0.972. The predicted octanol–water partition coefficient (Wildman–Crippen LogP) is 13.1. The molecule has 0 aliphatic rings. The molecule has 2 nitrogen and oxygen atoms in total. The minimum absolute atomic E-state index is 0.0251. The van der Waals surface area contributed by atoms with E-state index in [2.05, 4.69) is 6.92 Å². The molecule has 0 aromatic carbocycles. The highest BCUT2D eigenvalue weighted by Gasteiger charge is 2.00. The highest BCUT2D eigenvalue weighted by Crippen LogP contribution is 2.16. The Labute approximate surface area is 241 Å². The van der Waals surface area contributed by atoms with Crippen molar-refractivity contribution < 1.29 is 9.53 Å². The van der Waals surface area contributed by atoms with E-state index in [1.54, 1.807) is 0 Å². The predicted molar refractivity (Wildman–Crippen MR) is 170 cm³/mol. The van der Waals surface area contributed by atoms with Gasteiger partial charge in [0.15, 0.2) is 0 Å². The molecule has 0 saturated heterocycles. The van der Waals surface area contributed by atoms with Crippen LogP contribution >= 0.6 is 0 Å². The van der Waals surface area contributed by atoms with Gasteiger partial charge in [-0.25, -0.2) is 0 Å². The smallest absolute Gasteiger partial charge is 0.305 e. The fourth-order valence-electron chi connectivity index (χ4n) is 5.59. The first kappa shape index (κ1) is 37.5. The van der Waals surface area contributed by atoms with E-state index < -0.39 is 0 Å². The number of rotatable bonds is 33. The molecule has 0 aliphatic carbocycles. The Morgan fingerprint density at radius 2 is 0.579 bits per heavy atom. The van der Waals surface area contributed by atoms with Crippen LogP contribution in [0, 0.1) is 0 Å². The Kier molecular flexibility index (Phi) is 34.0. The summed E-state index contributed by atoms with van der Waals surface area (Å²) in [7, 11) is 0. The van der Waals surface area contributed by atoms with Gasteiger partial charge < -0.3 is 4.74 Å². The molecule has 0 spiro atoms. The van der Waals surface area contributed by atoms with E-state index in [0.717, 1.165) is 12.8 Å². The Balaban J connectivity index is 3.04. The second kappa shape index (κ2) is 34.5. The van der Waals surface area contributed by atoms with Gasteiger partial charge in [-0.3, -0.25) is 4.79 Å². The van der Waals surface area contributed by atoms with Crippen LogP contribution in [-0.2, 0) is 9.53 Å². The van der Waals surface area contributed by atoms with Gasteiger partial charge in [-0.2, -0.15) is 0 Å². The summed E-state index contributed by atoms with van der Waals surface area (Å²) in [6.45, 7) is 4.94. The van der Waals surface area contributed by atoms with Crippen molar-refractivity contribution in [2.75, 3.05) is 6.61 Å². The van der Waals surface area contributed by atoms with Crippen molar-refractivity contribution in [1.82, 2.24) is 0 Å². The normalized spacial score (nSPS) is 11.3. The molecule has 0 amide bonds. The average Bonchev–Trinajstić information content (AvgIpc) is 2.92. The summed E-state index contributed by atoms with van der Waals surface area (Å²) < 4.78 is 5.21. The molecule has 0 aliphatic heterocycles. The summed E-state index contributed by atoms with van der Waals surface area (Å²) in [5.41, 5.74) is 0. The van der Waals surface area contributed by atoms with E-state index >= 15 is 0 Å². The molecule has 0 atom stereocenters. The van der Waals surface area contributed by atoms with E-state index in [1.807, 2.05) is 6.92 Å². The molecule has 0 heterocycles. The van der Waals surface area contributed by atoms with Gasteiger partial charge >= 0.3 is 5.97 Å². The summed E-state index contributed by atoms with van der Waals surface area (Å²) in [6, 6.07) is 0. The van der Waals surface area contributed by atoms with Crippen LogP contribution in [0.3, 0.4) is 0 Å². The summed E-state index contributed by atoms with van der Waals surface area (Å²) in [5, 5.41) is 0. The number of unbranched alkanes of at least 4 members (excludes halogenated alkanes) is 29. The van der Waals surface area contributed by atoms with Crippen molar-refractivity contribution in [3.05, 3.63) is 0 Å². The van der Waals surface area contributed by atoms with Gasteiger partial charge in [0.2, 0.25) is 0 Å². The lowest BCUT2D eigenvalue weighted by Crippen LogP contribution is -2.04. The topological polar surface area (TPSA) is 26.3 Å². The summed E-state index contributed by atoms with van der Waals surface area (Å²) in [5.74, 6) is -0.0251. The average molecular weight is 537 g/mol. The molecule has 228 valence electrons. The number of hydrogen-bond acceptors (Lipinski definition) is 2. The molecule has 0 aromatic rings. The van der Waals surface area contributed by atoms with Crippen LogP contribution in [0.2, 0.25) is 0 Å². The molecule has 0 bridgehead atoms. The quantitative estimate of drug-likeness (QED) is 0.0615. The summed E-state index contributed by atoms with van der Waals surface area (Å²) >= 11 is 0. The summed E-state index contributed by atoms with van der Waals surface area (Å²) in [6.07, 6.45) is 44.3. The van der Waals surface area contributed by atoms with Gasteiger partial charge in [-0.15, -0.1) is 0 Å². The van der Waals surface area contributed by atoms with Crippen molar-refractivity contribution in [1.29, 1.82) is 0 Å². The molecule has 0 saturated carbocycles. The zero-order chi connectivity index (χ0) is 27.6. The van der Waals surface area contributed by atoms with Gasteiger partial charge in [0.25, 0.3) is 0 Å². The molecule has 0 N–H and O–H groups in total. The molecule has 0 aromatic heterocycles. The Morgan fingerprint density at radius 1 is 0.342 bits per heavy atom. The Bertz CT molecular complexity index is 433. The van der Waals surface area contributed by atoms with Crippen LogP contribution in [0.4, 0.5) is 0 Å². The lowest BCUT2D eigenvalue weighted by atomic mass is 10.0. The maximum absolute atomic E-state index is 11.3. The molecule has 0 unspecified atom stereocenters. The first-order valence-electron chi connectivity index (χ1n) is 18.0. The fourth-order valence-corrected chi connectivity index (χ4v) is 5.59. The lowest BCUT2D eigenvalue weighted by molar-refractivity contribution is -0.143. The minimum Gasteiger partial charge on any atom is -0.466 e. The third kappa shape index (κ3) is 33.5. The molecular weight excluding hydrogens is 464 g/mol. The SMILES string of the molecule is CCCCCCCCCCCCCCCCCCCCCCCCCCCCCCCCOC(=O)CCC. The second-order valence-electron chi connectivity index (χ2n) is 12.2. The number of ether oxygens (including phenoxy) is 1. The molecule has 0 radical (unpaired) electrons. The maximum atomic E-state index is 11.3. The zero-order valence-electron chi connectivity index (χ0n) is 26.7. The van der Waals surface area contributed by atoms with Crippen LogP contribution in [0.25, 0.3) is 0 Å². The summed E-state index contributed by atoms with van der Waals surface area (Å²) in [4.78, 5) is 11.3. The van der Waals surface area contributed by atoms with Gasteiger partial charge in [0.05, 0.1) is 6.61 Å². The first-order valence-corrected chi connectivity index (χ1v) is 18.0. The van der Waals surface area contributed by atoms with Crippen LogP contribution in [0.5, 0.6) is 0 Å².